The summed E-state index contributed by atoms with van der Waals surface area (Å²) in [5.41, 5.74) is 11.6. The number of carbonyl (C=O) groups is 1. The molecule has 46 heavy (non-hydrogen) atoms. The fourth-order valence-electron chi connectivity index (χ4n) is 8.28. The van der Waals surface area contributed by atoms with Crippen LogP contribution in [-0.4, -0.2) is 68.9 Å². The van der Waals surface area contributed by atoms with Gasteiger partial charge in [-0.25, -0.2) is 4.98 Å². The number of hydrogen-bond acceptors (Lipinski definition) is 6. The van der Waals surface area contributed by atoms with E-state index in [1.807, 2.05) is 30.2 Å². The molecule has 2 bridgehead atoms. The van der Waals surface area contributed by atoms with E-state index in [0.29, 0.717) is 24.5 Å². The minimum absolute atomic E-state index is 0.165. The van der Waals surface area contributed by atoms with Crippen LogP contribution in [0.25, 0.3) is 44.7 Å². The Balaban J connectivity index is 0.987. The monoisotopic (exact) mass is 610 g/mol. The lowest BCUT2D eigenvalue weighted by Gasteiger charge is -2.56. The lowest BCUT2D eigenvalue weighted by atomic mass is 9.87. The van der Waals surface area contributed by atoms with Crippen LogP contribution in [0, 0.1) is 6.92 Å². The molecule has 2 aromatic carbocycles. The van der Waals surface area contributed by atoms with E-state index in [1.54, 1.807) is 0 Å². The molecule has 8 nitrogen and oxygen atoms in total. The largest absolute Gasteiger partial charge is 0.378 e. The SMILES string of the molecule is Cc1ccc(N2CCCC2=O)c(-c2ccc(-c3n[nH]c4ncc(-c5ccc6c(c5)CC[C@@H](N5C7COCC5C7)CC6)cc34)cc2)n1. The van der Waals surface area contributed by atoms with Crippen LogP contribution in [0.2, 0.25) is 0 Å². The zero-order valence-corrected chi connectivity index (χ0v) is 26.2. The number of morpholine rings is 1. The summed E-state index contributed by atoms with van der Waals surface area (Å²) in [5.74, 6) is 0.165. The van der Waals surface area contributed by atoms with Crippen molar-refractivity contribution in [3.63, 3.8) is 0 Å². The van der Waals surface area contributed by atoms with Gasteiger partial charge in [-0.1, -0.05) is 42.5 Å². The molecule has 1 amide bonds. The second-order valence-electron chi connectivity index (χ2n) is 13.5. The van der Waals surface area contributed by atoms with Crippen molar-refractivity contribution >= 4 is 22.6 Å². The standard InChI is InChI=1S/C38H38N6O2/c1-23-4-15-34(43-16-2-3-35(43)45)37(40-23)26-8-6-25(7-9-26)36-33-18-29(20-39-38(33)42-41-36)28-10-5-24-11-13-30(14-12-27(24)17-28)44-31-19-32(44)22-46-21-31/h4-10,15,17-18,20,30-32H,2-3,11-14,16,19,21-22H2,1H3,(H,39,41,42)/t30-,31?,32?/m0/s1. The van der Waals surface area contributed by atoms with Gasteiger partial charge < -0.3 is 9.64 Å². The molecule has 3 fully saturated rings. The van der Waals surface area contributed by atoms with E-state index in [0.717, 1.165) is 89.5 Å². The summed E-state index contributed by atoms with van der Waals surface area (Å²) < 4.78 is 5.76. The molecule has 2 unspecified atom stereocenters. The Morgan fingerprint density at radius 1 is 0.804 bits per heavy atom. The third-order valence-electron chi connectivity index (χ3n) is 10.7. The highest BCUT2D eigenvalue weighted by molar-refractivity contribution is 5.99. The van der Waals surface area contributed by atoms with Gasteiger partial charge in [0.2, 0.25) is 5.91 Å². The summed E-state index contributed by atoms with van der Waals surface area (Å²) in [5, 5.41) is 8.83. The van der Waals surface area contributed by atoms with E-state index >= 15 is 0 Å². The number of rotatable bonds is 5. The first-order valence-corrected chi connectivity index (χ1v) is 16.8. The number of aryl methyl sites for hydroxylation is 3. The number of pyridine rings is 2. The van der Waals surface area contributed by atoms with Crippen molar-refractivity contribution < 1.29 is 9.53 Å². The van der Waals surface area contributed by atoms with Gasteiger partial charge in [-0.3, -0.25) is 19.8 Å². The Hall–Kier alpha value is -4.40. The van der Waals surface area contributed by atoms with Gasteiger partial charge in [-0.05, 0) is 80.3 Å². The van der Waals surface area contributed by atoms with Gasteiger partial charge in [-0.15, -0.1) is 0 Å². The third-order valence-corrected chi connectivity index (χ3v) is 10.7. The van der Waals surface area contributed by atoms with Gasteiger partial charge in [-0.2, -0.15) is 5.10 Å². The average molecular weight is 611 g/mol. The first-order chi connectivity index (χ1) is 22.6. The van der Waals surface area contributed by atoms with Crippen molar-refractivity contribution in [3.05, 3.63) is 83.7 Å². The Labute approximate surface area is 268 Å². The molecule has 1 aliphatic carbocycles. The summed E-state index contributed by atoms with van der Waals surface area (Å²) in [6.45, 7) is 4.54. The number of benzene rings is 2. The predicted octanol–water partition coefficient (Wildman–Crippen LogP) is 6.51. The Morgan fingerprint density at radius 3 is 2.33 bits per heavy atom. The molecule has 1 N–H and O–H groups in total. The van der Waals surface area contributed by atoms with Gasteiger partial charge in [0.05, 0.1) is 24.6 Å². The first-order valence-electron chi connectivity index (χ1n) is 16.8. The molecule has 0 spiro atoms. The maximum absolute atomic E-state index is 12.6. The topological polar surface area (TPSA) is 87.2 Å². The van der Waals surface area contributed by atoms with Gasteiger partial charge in [0.1, 0.15) is 5.69 Å². The fourth-order valence-corrected chi connectivity index (χ4v) is 8.28. The number of nitrogens with one attached hydrogen (secondary N) is 1. The zero-order valence-electron chi connectivity index (χ0n) is 26.2. The minimum Gasteiger partial charge on any atom is -0.378 e. The highest BCUT2D eigenvalue weighted by Gasteiger charge is 2.45. The fraction of sp³-hybridized carbons (Fsp3) is 0.368. The molecule has 3 aromatic heterocycles. The van der Waals surface area contributed by atoms with Crippen LogP contribution in [0.4, 0.5) is 5.69 Å². The van der Waals surface area contributed by atoms with Crippen LogP contribution >= 0.6 is 0 Å². The molecule has 4 aliphatic rings. The first kappa shape index (κ1) is 27.9. The Morgan fingerprint density at radius 2 is 1.57 bits per heavy atom. The van der Waals surface area contributed by atoms with E-state index in [1.165, 1.54) is 36.0 Å². The van der Waals surface area contributed by atoms with E-state index in [-0.39, 0.29) is 5.91 Å². The van der Waals surface area contributed by atoms with Crippen LogP contribution in [0.1, 0.15) is 48.9 Å². The molecule has 232 valence electrons. The highest BCUT2D eigenvalue weighted by atomic mass is 16.5. The van der Waals surface area contributed by atoms with Crippen LogP contribution in [0.3, 0.4) is 0 Å². The highest BCUT2D eigenvalue weighted by Crippen LogP contribution is 2.39. The minimum atomic E-state index is 0.165. The molecule has 3 saturated heterocycles. The summed E-state index contributed by atoms with van der Waals surface area (Å²) in [7, 11) is 0. The van der Waals surface area contributed by atoms with Crippen LogP contribution in [-0.2, 0) is 22.4 Å². The summed E-state index contributed by atoms with van der Waals surface area (Å²) in [4.78, 5) is 26.8. The number of carbonyl (C=O) groups excluding carboxylic acids is 1. The molecule has 6 heterocycles. The summed E-state index contributed by atoms with van der Waals surface area (Å²) in [6.07, 6.45) is 9.47. The number of aromatic nitrogens is 4. The number of hydrogen-bond donors (Lipinski definition) is 1. The van der Waals surface area contributed by atoms with Crippen LogP contribution < -0.4 is 4.90 Å². The number of nitrogens with zero attached hydrogens (tertiary/aromatic N) is 5. The van der Waals surface area contributed by atoms with Crippen molar-refractivity contribution in [1.29, 1.82) is 0 Å². The number of ether oxygens (including phenoxy) is 1. The molecule has 8 heteroatoms. The molecule has 3 aliphatic heterocycles. The van der Waals surface area contributed by atoms with Gasteiger partial charge in [0.15, 0.2) is 5.65 Å². The van der Waals surface area contributed by atoms with E-state index < -0.39 is 0 Å². The molecule has 5 aromatic rings. The normalized spacial score (nSPS) is 22.9. The maximum atomic E-state index is 12.6. The number of fused-ring (bicyclic) bond motifs is 4. The van der Waals surface area contributed by atoms with Crippen molar-refractivity contribution in [2.24, 2.45) is 0 Å². The van der Waals surface area contributed by atoms with Crippen molar-refractivity contribution in [1.82, 2.24) is 25.1 Å². The molecule has 3 atom stereocenters. The molecular formula is C38H38N6O2. The number of anilines is 1. The second-order valence-corrected chi connectivity index (χ2v) is 13.5. The Bertz CT molecular complexity index is 1950. The van der Waals surface area contributed by atoms with Gasteiger partial charge in [0.25, 0.3) is 0 Å². The predicted molar refractivity (Wildman–Crippen MR) is 180 cm³/mol. The molecule has 0 saturated carbocycles. The second kappa shape index (κ2) is 11.1. The third kappa shape index (κ3) is 4.74. The van der Waals surface area contributed by atoms with Gasteiger partial charge in [0, 0.05) is 65.1 Å². The van der Waals surface area contributed by atoms with E-state index in [2.05, 4.69) is 63.6 Å². The van der Waals surface area contributed by atoms with E-state index in [9.17, 15) is 4.79 Å². The van der Waals surface area contributed by atoms with Crippen molar-refractivity contribution in [2.75, 3.05) is 24.7 Å². The molecular weight excluding hydrogens is 572 g/mol. The van der Waals surface area contributed by atoms with Gasteiger partial charge >= 0.3 is 0 Å². The Kier molecular flexibility index (Phi) is 6.75. The van der Waals surface area contributed by atoms with Crippen molar-refractivity contribution in [2.45, 2.75) is 70.0 Å². The zero-order chi connectivity index (χ0) is 30.8. The average Bonchev–Trinajstić information content (AvgIpc) is 3.66. The lowest BCUT2D eigenvalue weighted by Crippen LogP contribution is -2.66. The maximum Gasteiger partial charge on any atom is 0.227 e. The molecule has 9 rings (SSSR count). The number of amides is 1. The molecule has 0 radical (unpaired) electrons. The lowest BCUT2D eigenvalue weighted by molar-refractivity contribution is -0.148. The summed E-state index contributed by atoms with van der Waals surface area (Å²) in [6, 6.07) is 23.5. The van der Waals surface area contributed by atoms with Crippen LogP contribution in [0.5, 0.6) is 0 Å². The summed E-state index contributed by atoms with van der Waals surface area (Å²) >= 11 is 0. The number of H-pyrrole nitrogens is 1. The van der Waals surface area contributed by atoms with Crippen molar-refractivity contribution in [3.8, 4) is 33.6 Å². The number of aromatic amines is 1. The smallest absolute Gasteiger partial charge is 0.227 e. The quantitative estimate of drug-likeness (QED) is 0.228. The van der Waals surface area contributed by atoms with Crippen LogP contribution in [0.15, 0.2) is 66.9 Å². The van der Waals surface area contributed by atoms with E-state index in [4.69, 9.17) is 14.7 Å².